The van der Waals surface area contributed by atoms with Crippen molar-refractivity contribution in [2.24, 2.45) is 4.99 Å². The van der Waals surface area contributed by atoms with Crippen molar-refractivity contribution in [3.63, 3.8) is 0 Å². The summed E-state index contributed by atoms with van der Waals surface area (Å²) in [6, 6.07) is 11.0. The molecule has 0 atom stereocenters. The quantitative estimate of drug-likeness (QED) is 0.366. The largest absolute Gasteiger partial charge is 0.443 e. The molecular weight excluding hydrogens is 357 g/mol. The van der Waals surface area contributed by atoms with E-state index in [-0.39, 0.29) is 11.6 Å². The summed E-state index contributed by atoms with van der Waals surface area (Å²) in [5.74, 6) is 0.468. The van der Waals surface area contributed by atoms with Gasteiger partial charge in [0.05, 0.1) is 23.0 Å². The van der Waals surface area contributed by atoms with E-state index in [0.29, 0.717) is 5.56 Å². The Kier molecular flexibility index (Phi) is 5.07. The number of aromatic nitrogens is 3. The topological polar surface area (TPSA) is 51.8 Å². The van der Waals surface area contributed by atoms with Gasteiger partial charge in [-0.3, -0.25) is 4.99 Å². The van der Waals surface area contributed by atoms with Crippen LogP contribution in [0.15, 0.2) is 77.4 Å². The predicted molar refractivity (Wildman–Crippen MR) is 96.5 cm³/mol. The smallest absolute Gasteiger partial charge is 0.433 e. The van der Waals surface area contributed by atoms with Gasteiger partial charge in [0.2, 0.25) is 5.88 Å². The molecule has 5 nitrogen and oxygen atoms in total. The molecule has 0 saturated heterocycles. The van der Waals surface area contributed by atoms with Crippen LogP contribution in [0, 0.1) is 0 Å². The van der Waals surface area contributed by atoms with E-state index in [1.807, 2.05) is 24.3 Å². The van der Waals surface area contributed by atoms with E-state index in [4.69, 9.17) is 4.74 Å². The molecule has 0 unspecified atom stereocenters. The fraction of sp³-hybridized carbons (Fsp3) is 0.105. The Hall–Kier alpha value is -3.42. The lowest BCUT2D eigenvalue weighted by molar-refractivity contribution is -0.0922. The van der Waals surface area contributed by atoms with Crippen molar-refractivity contribution in [2.45, 2.75) is 13.1 Å². The summed E-state index contributed by atoms with van der Waals surface area (Å²) in [6.07, 6.45) is 0.609. The molecule has 0 aromatic carbocycles. The lowest BCUT2D eigenvalue weighted by atomic mass is 10.1. The highest BCUT2D eigenvalue weighted by atomic mass is 19.4. The molecule has 27 heavy (non-hydrogen) atoms. The van der Waals surface area contributed by atoms with Gasteiger partial charge in [-0.05, 0) is 56.1 Å². The van der Waals surface area contributed by atoms with E-state index < -0.39 is 11.9 Å². The second kappa shape index (κ2) is 7.45. The van der Waals surface area contributed by atoms with E-state index in [1.165, 1.54) is 19.2 Å². The number of ether oxygens (including phenoxy) is 1. The first-order chi connectivity index (χ1) is 12.9. The molecule has 3 rings (SSSR count). The molecule has 0 radical (unpaired) electrons. The molecule has 3 aromatic heterocycles. The minimum atomic E-state index is -4.58. The molecule has 3 heterocycles. The second-order valence-corrected chi connectivity index (χ2v) is 5.52. The Bertz CT molecular complexity index is 1030. The maximum absolute atomic E-state index is 12.7. The van der Waals surface area contributed by atoms with Crippen LogP contribution in [0.25, 0.3) is 16.8 Å². The molecule has 0 N–H and O–H groups in total. The third kappa shape index (κ3) is 4.05. The summed E-state index contributed by atoms with van der Waals surface area (Å²) >= 11 is 0. The van der Waals surface area contributed by atoms with Crippen molar-refractivity contribution in [2.75, 3.05) is 0 Å². The molecule has 8 heteroatoms. The van der Waals surface area contributed by atoms with Gasteiger partial charge in [0.15, 0.2) is 0 Å². The number of allylic oxidation sites excluding steroid dienone is 4. The number of halogens is 3. The van der Waals surface area contributed by atoms with Crippen molar-refractivity contribution in [1.82, 2.24) is 14.6 Å². The Balaban J connectivity index is 1.96. The summed E-state index contributed by atoms with van der Waals surface area (Å²) in [7, 11) is 0. The van der Waals surface area contributed by atoms with Gasteiger partial charge < -0.3 is 4.74 Å². The van der Waals surface area contributed by atoms with Crippen LogP contribution in [-0.2, 0) is 0 Å². The first-order valence-electron chi connectivity index (χ1n) is 7.88. The lowest BCUT2D eigenvalue weighted by Crippen LogP contribution is -2.09. The number of alkyl halides is 3. The molecule has 0 aliphatic carbocycles. The SMILES string of the molecule is C=N/C(=C\C=C(/C)Oc1ncccc1-c1cccc2ccnn12)C(F)(F)F. The molecule has 138 valence electrons. The summed E-state index contributed by atoms with van der Waals surface area (Å²) < 4.78 is 45.5. The highest BCUT2D eigenvalue weighted by Gasteiger charge is 2.32. The number of aliphatic imine (C=N–C) groups is 1. The average Bonchev–Trinajstić information content (AvgIpc) is 3.10. The molecule has 0 aliphatic rings. The van der Waals surface area contributed by atoms with Gasteiger partial charge in [0.25, 0.3) is 0 Å². The summed E-state index contributed by atoms with van der Waals surface area (Å²) in [6.45, 7) is 4.46. The Morgan fingerprint density at radius 2 is 1.96 bits per heavy atom. The summed E-state index contributed by atoms with van der Waals surface area (Å²) in [4.78, 5) is 7.19. The summed E-state index contributed by atoms with van der Waals surface area (Å²) in [5, 5.41) is 4.28. The second-order valence-electron chi connectivity index (χ2n) is 5.52. The predicted octanol–water partition coefficient (Wildman–Crippen LogP) is 4.83. The van der Waals surface area contributed by atoms with Crippen LogP contribution in [-0.4, -0.2) is 27.5 Å². The van der Waals surface area contributed by atoms with Crippen molar-refractivity contribution in [3.05, 3.63) is 72.4 Å². The highest BCUT2D eigenvalue weighted by Crippen LogP contribution is 2.30. The van der Waals surface area contributed by atoms with Gasteiger partial charge in [-0.1, -0.05) is 6.07 Å². The van der Waals surface area contributed by atoms with Crippen LogP contribution in [0.4, 0.5) is 13.2 Å². The van der Waals surface area contributed by atoms with E-state index >= 15 is 0 Å². The first kappa shape index (κ1) is 18.4. The third-order valence-electron chi connectivity index (χ3n) is 3.66. The van der Waals surface area contributed by atoms with E-state index in [0.717, 1.165) is 17.3 Å². The van der Waals surface area contributed by atoms with E-state index in [1.54, 1.807) is 22.8 Å². The third-order valence-corrected chi connectivity index (χ3v) is 3.66. The van der Waals surface area contributed by atoms with Gasteiger partial charge in [0.1, 0.15) is 11.5 Å². The van der Waals surface area contributed by atoms with Gasteiger partial charge in [-0.2, -0.15) is 18.3 Å². The van der Waals surface area contributed by atoms with Crippen LogP contribution in [0.2, 0.25) is 0 Å². The molecule has 0 bridgehead atoms. The zero-order valence-electron chi connectivity index (χ0n) is 14.3. The van der Waals surface area contributed by atoms with E-state index in [2.05, 4.69) is 21.8 Å². The fourth-order valence-corrected chi connectivity index (χ4v) is 2.44. The Morgan fingerprint density at radius 3 is 2.70 bits per heavy atom. The number of nitrogens with zero attached hydrogens (tertiary/aromatic N) is 4. The number of hydrogen-bond donors (Lipinski definition) is 0. The van der Waals surface area contributed by atoms with Gasteiger partial charge in [-0.15, -0.1) is 0 Å². The normalized spacial score (nSPS) is 13.0. The van der Waals surface area contributed by atoms with Crippen molar-refractivity contribution >= 4 is 12.2 Å². The van der Waals surface area contributed by atoms with Crippen LogP contribution >= 0.6 is 0 Å². The first-order valence-corrected chi connectivity index (χ1v) is 7.88. The number of hydrogen-bond acceptors (Lipinski definition) is 4. The van der Waals surface area contributed by atoms with Crippen LogP contribution in [0.5, 0.6) is 5.88 Å². The molecule has 0 saturated carbocycles. The minimum Gasteiger partial charge on any atom is -0.443 e. The number of fused-ring (bicyclic) bond motifs is 1. The Labute approximate surface area is 153 Å². The molecule has 3 aromatic rings. The van der Waals surface area contributed by atoms with Crippen LogP contribution in [0.1, 0.15) is 6.92 Å². The zero-order chi connectivity index (χ0) is 19.4. The molecule has 0 fully saturated rings. The van der Waals surface area contributed by atoms with Gasteiger partial charge in [-0.25, -0.2) is 9.50 Å². The maximum Gasteiger partial charge on any atom is 0.433 e. The average molecular weight is 372 g/mol. The van der Waals surface area contributed by atoms with Crippen molar-refractivity contribution in [1.29, 1.82) is 0 Å². The minimum absolute atomic E-state index is 0.216. The zero-order valence-corrected chi connectivity index (χ0v) is 14.3. The molecule has 0 amide bonds. The van der Waals surface area contributed by atoms with Crippen molar-refractivity contribution in [3.8, 4) is 17.1 Å². The number of pyridine rings is 2. The molecule has 0 aliphatic heterocycles. The lowest BCUT2D eigenvalue weighted by Gasteiger charge is -2.11. The van der Waals surface area contributed by atoms with Crippen LogP contribution in [0.3, 0.4) is 0 Å². The highest BCUT2D eigenvalue weighted by molar-refractivity contribution is 5.68. The van der Waals surface area contributed by atoms with Gasteiger partial charge >= 0.3 is 6.18 Å². The van der Waals surface area contributed by atoms with Gasteiger partial charge in [0, 0.05) is 6.20 Å². The maximum atomic E-state index is 12.7. The summed E-state index contributed by atoms with van der Waals surface area (Å²) in [5.41, 5.74) is 1.19. The number of rotatable bonds is 5. The molecular formula is C19H15F3N4O. The monoisotopic (exact) mass is 372 g/mol. The van der Waals surface area contributed by atoms with Crippen LogP contribution < -0.4 is 4.74 Å². The fourth-order valence-electron chi connectivity index (χ4n) is 2.44. The van der Waals surface area contributed by atoms with Crippen molar-refractivity contribution < 1.29 is 17.9 Å². The Morgan fingerprint density at radius 1 is 1.15 bits per heavy atom. The standard InChI is InChI=1S/C19H15F3N4O/c1-13(8-9-17(23-2)19(20,21)22)27-18-15(6-4-11-24-18)16-7-3-5-14-10-12-25-26(14)16/h3-12H,2H2,1H3/b13-8+,17-9-. The molecule has 0 spiro atoms. The van der Waals surface area contributed by atoms with E-state index in [9.17, 15) is 13.2 Å².